The van der Waals surface area contributed by atoms with Crippen LogP contribution in [0.3, 0.4) is 0 Å². The standard InChI is InChI=1S/C24H25N5O3/c1-32-20-12-6-5-11-18(20)24(31)29-13-7-8-16(15-29)21-27-22(19(14-25)23(30)28-21)26-17-9-3-2-4-10-17/h2-6,9-12,14,16,25H,7-8,13,15H2,1H3,(H2,26,27,28,30). The average Bonchev–Trinajstić information content (AvgIpc) is 2.84. The van der Waals surface area contributed by atoms with Crippen molar-refractivity contribution < 1.29 is 9.53 Å². The number of aromatic amines is 1. The quantitative estimate of drug-likeness (QED) is 0.517. The molecule has 1 aliphatic rings. The molecule has 1 aliphatic heterocycles. The van der Waals surface area contributed by atoms with Crippen LogP contribution < -0.4 is 15.6 Å². The van der Waals surface area contributed by atoms with E-state index in [2.05, 4.69) is 15.3 Å². The first kappa shape index (κ1) is 21.3. The molecule has 1 amide bonds. The molecule has 0 radical (unpaired) electrons. The Morgan fingerprint density at radius 2 is 1.97 bits per heavy atom. The molecular weight excluding hydrogens is 406 g/mol. The Morgan fingerprint density at radius 1 is 1.22 bits per heavy atom. The fourth-order valence-electron chi connectivity index (χ4n) is 3.96. The molecule has 32 heavy (non-hydrogen) atoms. The van der Waals surface area contributed by atoms with E-state index in [0.717, 1.165) is 24.7 Å². The highest BCUT2D eigenvalue weighted by molar-refractivity contribution is 5.97. The fraction of sp³-hybridized carbons (Fsp3) is 0.250. The van der Waals surface area contributed by atoms with Crippen LogP contribution in [0, 0.1) is 5.41 Å². The lowest BCUT2D eigenvalue weighted by Crippen LogP contribution is -2.40. The molecule has 3 aromatic rings. The van der Waals surface area contributed by atoms with Gasteiger partial charge in [-0.15, -0.1) is 0 Å². The predicted octanol–water partition coefficient (Wildman–Crippen LogP) is 3.54. The van der Waals surface area contributed by atoms with Crippen molar-refractivity contribution in [3.8, 4) is 5.75 Å². The number of hydrogen-bond acceptors (Lipinski definition) is 6. The predicted molar refractivity (Wildman–Crippen MR) is 123 cm³/mol. The number of nitrogens with one attached hydrogen (secondary N) is 3. The number of H-pyrrole nitrogens is 1. The minimum atomic E-state index is -0.378. The zero-order valence-electron chi connectivity index (χ0n) is 17.8. The van der Waals surface area contributed by atoms with Crippen LogP contribution in [0.15, 0.2) is 59.4 Å². The third-order valence-electron chi connectivity index (χ3n) is 5.59. The lowest BCUT2D eigenvalue weighted by molar-refractivity contribution is 0.0701. The summed E-state index contributed by atoms with van der Waals surface area (Å²) in [7, 11) is 1.55. The van der Waals surface area contributed by atoms with Crippen molar-refractivity contribution >= 4 is 23.6 Å². The molecule has 0 spiro atoms. The molecule has 164 valence electrons. The van der Waals surface area contributed by atoms with Crippen molar-refractivity contribution in [2.45, 2.75) is 18.8 Å². The lowest BCUT2D eigenvalue weighted by Gasteiger charge is -2.32. The van der Waals surface area contributed by atoms with Crippen LogP contribution in [0.1, 0.15) is 40.5 Å². The lowest BCUT2D eigenvalue weighted by atomic mass is 9.96. The van der Waals surface area contributed by atoms with Crippen molar-refractivity contribution in [1.82, 2.24) is 14.9 Å². The largest absolute Gasteiger partial charge is 0.496 e. The van der Waals surface area contributed by atoms with E-state index in [9.17, 15) is 9.59 Å². The summed E-state index contributed by atoms with van der Waals surface area (Å²) in [5, 5.41) is 10.8. The van der Waals surface area contributed by atoms with Gasteiger partial charge in [0.25, 0.3) is 11.5 Å². The van der Waals surface area contributed by atoms with Crippen molar-refractivity contribution in [3.05, 3.63) is 81.9 Å². The van der Waals surface area contributed by atoms with Gasteiger partial charge in [0.2, 0.25) is 0 Å². The number of carbonyl (C=O) groups is 1. The summed E-state index contributed by atoms with van der Waals surface area (Å²) in [4.78, 5) is 35.1. The number of anilines is 2. The second-order valence-corrected chi connectivity index (χ2v) is 7.64. The number of para-hydroxylation sites is 2. The van der Waals surface area contributed by atoms with E-state index in [4.69, 9.17) is 10.1 Å². The molecule has 1 aromatic heterocycles. The first-order valence-corrected chi connectivity index (χ1v) is 10.5. The summed E-state index contributed by atoms with van der Waals surface area (Å²) < 4.78 is 5.35. The Labute approximate surface area is 185 Å². The minimum Gasteiger partial charge on any atom is -0.496 e. The summed E-state index contributed by atoms with van der Waals surface area (Å²) in [5.74, 6) is 1.16. The van der Waals surface area contributed by atoms with E-state index in [1.807, 2.05) is 42.5 Å². The van der Waals surface area contributed by atoms with Crippen LogP contribution >= 0.6 is 0 Å². The third-order valence-corrected chi connectivity index (χ3v) is 5.59. The van der Waals surface area contributed by atoms with Gasteiger partial charge in [-0.05, 0) is 37.1 Å². The van der Waals surface area contributed by atoms with Crippen LogP contribution in [0.5, 0.6) is 5.75 Å². The number of ether oxygens (including phenoxy) is 1. The van der Waals surface area contributed by atoms with Crippen molar-refractivity contribution in [2.24, 2.45) is 0 Å². The van der Waals surface area contributed by atoms with Crippen LogP contribution in [0.2, 0.25) is 0 Å². The number of aromatic nitrogens is 2. The topological polar surface area (TPSA) is 111 Å². The summed E-state index contributed by atoms with van der Waals surface area (Å²) in [6.07, 6.45) is 2.59. The molecule has 1 fully saturated rings. The Bertz CT molecular complexity index is 1180. The number of piperidine rings is 1. The average molecular weight is 431 g/mol. The Morgan fingerprint density at radius 3 is 2.72 bits per heavy atom. The van der Waals surface area contributed by atoms with Crippen LogP contribution in [0.4, 0.5) is 11.5 Å². The van der Waals surface area contributed by atoms with E-state index < -0.39 is 0 Å². The highest BCUT2D eigenvalue weighted by atomic mass is 16.5. The van der Waals surface area contributed by atoms with Crippen molar-refractivity contribution in [1.29, 1.82) is 5.41 Å². The van der Waals surface area contributed by atoms with Crippen LogP contribution in [-0.4, -0.2) is 47.2 Å². The van der Waals surface area contributed by atoms with Gasteiger partial charge in [-0.25, -0.2) is 4.98 Å². The molecule has 1 saturated heterocycles. The molecule has 0 saturated carbocycles. The van der Waals surface area contributed by atoms with E-state index >= 15 is 0 Å². The molecule has 8 heteroatoms. The number of hydrogen-bond donors (Lipinski definition) is 3. The molecule has 2 aromatic carbocycles. The second kappa shape index (κ2) is 9.47. The zero-order valence-corrected chi connectivity index (χ0v) is 17.8. The third kappa shape index (κ3) is 4.39. The highest BCUT2D eigenvalue weighted by Crippen LogP contribution is 2.28. The highest BCUT2D eigenvalue weighted by Gasteiger charge is 2.29. The molecule has 4 rings (SSSR count). The molecule has 1 unspecified atom stereocenters. The first-order valence-electron chi connectivity index (χ1n) is 10.5. The number of nitrogens with zero attached hydrogens (tertiary/aromatic N) is 2. The molecule has 8 nitrogen and oxygen atoms in total. The first-order chi connectivity index (χ1) is 15.6. The minimum absolute atomic E-state index is 0.103. The van der Waals surface area contributed by atoms with Crippen LogP contribution in [0.25, 0.3) is 0 Å². The van der Waals surface area contributed by atoms with Gasteiger partial charge in [-0.2, -0.15) is 0 Å². The van der Waals surface area contributed by atoms with Crippen LogP contribution in [-0.2, 0) is 0 Å². The Hall–Kier alpha value is -3.94. The summed E-state index contributed by atoms with van der Waals surface area (Å²) in [6, 6.07) is 16.6. The number of rotatable bonds is 6. The molecule has 2 heterocycles. The SMILES string of the molecule is COc1ccccc1C(=O)N1CCCC(c2nc(Nc3ccccc3)c(C=N)c(=O)[nH]2)C1. The molecule has 0 aliphatic carbocycles. The van der Waals surface area contributed by atoms with Gasteiger partial charge < -0.3 is 25.3 Å². The van der Waals surface area contributed by atoms with Gasteiger partial charge in [0.15, 0.2) is 0 Å². The van der Waals surface area contributed by atoms with Gasteiger partial charge in [-0.1, -0.05) is 30.3 Å². The van der Waals surface area contributed by atoms with Gasteiger partial charge in [-0.3, -0.25) is 9.59 Å². The number of likely N-dealkylation sites (tertiary alicyclic amines) is 1. The van der Waals surface area contributed by atoms with Gasteiger partial charge in [0.05, 0.1) is 18.2 Å². The second-order valence-electron chi connectivity index (χ2n) is 7.64. The van der Waals surface area contributed by atoms with Crippen molar-refractivity contribution in [2.75, 3.05) is 25.5 Å². The van der Waals surface area contributed by atoms with E-state index in [-0.39, 0.29) is 22.9 Å². The maximum atomic E-state index is 13.1. The number of amides is 1. The zero-order chi connectivity index (χ0) is 22.5. The van der Waals surface area contributed by atoms with Gasteiger partial charge >= 0.3 is 0 Å². The Kier molecular flexibility index (Phi) is 6.30. The molecule has 3 N–H and O–H groups in total. The summed E-state index contributed by atoms with van der Waals surface area (Å²) in [5.41, 5.74) is 1.07. The number of methoxy groups -OCH3 is 1. The molecular formula is C24H25N5O3. The smallest absolute Gasteiger partial charge is 0.261 e. The molecule has 1 atom stereocenters. The monoisotopic (exact) mass is 431 g/mol. The Balaban J connectivity index is 1.61. The van der Waals surface area contributed by atoms with E-state index in [1.165, 1.54) is 0 Å². The van der Waals surface area contributed by atoms with Gasteiger partial charge in [0.1, 0.15) is 17.4 Å². The van der Waals surface area contributed by atoms with Gasteiger partial charge in [0, 0.05) is 30.9 Å². The maximum Gasteiger partial charge on any atom is 0.261 e. The number of benzene rings is 2. The summed E-state index contributed by atoms with van der Waals surface area (Å²) in [6.45, 7) is 1.07. The van der Waals surface area contributed by atoms with Crippen molar-refractivity contribution in [3.63, 3.8) is 0 Å². The number of carbonyl (C=O) groups excluding carboxylic acids is 1. The summed E-state index contributed by atoms with van der Waals surface area (Å²) >= 11 is 0. The van der Waals surface area contributed by atoms with E-state index in [0.29, 0.717) is 36.0 Å². The maximum absolute atomic E-state index is 13.1. The molecule has 0 bridgehead atoms. The fourth-order valence-corrected chi connectivity index (χ4v) is 3.96. The van der Waals surface area contributed by atoms with E-state index in [1.54, 1.807) is 24.1 Å². The normalized spacial score (nSPS) is 15.8.